The van der Waals surface area contributed by atoms with Crippen LogP contribution in [0.25, 0.3) is 22.0 Å². The second kappa shape index (κ2) is 8.80. The van der Waals surface area contributed by atoms with Gasteiger partial charge in [0.15, 0.2) is 11.5 Å². The molecule has 6 nitrogen and oxygen atoms in total. The second-order valence-corrected chi connectivity index (χ2v) is 8.63. The van der Waals surface area contributed by atoms with Crippen molar-refractivity contribution in [3.05, 3.63) is 84.2 Å². The molecule has 4 rings (SSSR count). The van der Waals surface area contributed by atoms with E-state index in [1.54, 1.807) is 36.4 Å². The number of sulfone groups is 1. The van der Waals surface area contributed by atoms with Crippen LogP contribution >= 0.6 is 0 Å². The minimum Gasteiger partial charge on any atom is -0.493 e. The van der Waals surface area contributed by atoms with E-state index in [4.69, 9.17) is 4.74 Å². The third-order valence-electron chi connectivity index (χ3n) is 4.67. The van der Waals surface area contributed by atoms with E-state index < -0.39 is 16.4 Å². The molecule has 0 radical (unpaired) electrons. The van der Waals surface area contributed by atoms with Crippen LogP contribution in [0.4, 0.5) is 8.78 Å². The number of nitrogens with zero attached hydrogens (tertiary/aromatic N) is 1. The number of rotatable bonds is 7. The predicted molar refractivity (Wildman–Crippen MR) is 117 cm³/mol. The SMILES string of the molecule is COc1cc(/C=C(\c2nc3ccccc3[nH]2)S(=O)(=O)c2ccccc2)ccc1OC(F)F. The predicted octanol–water partition coefficient (Wildman–Crippen LogP) is 5.14. The highest BCUT2D eigenvalue weighted by Gasteiger charge is 2.25. The molecule has 4 aromatic rings. The summed E-state index contributed by atoms with van der Waals surface area (Å²) in [7, 11) is -2.67. The number of aromatic nitrogens is 2. The fraction of sp³-hybridized carbons (Fsp3) is 0.0870. The van der Waals surface area contributed by atoms with Crippen LogP contribution in [-0.4, -0.2) is 32.1 Å². The van der Waals surface area contributed by atoms with Gasteiger partial charge in [-0.2, -0.15) is 8.78 Å². The lowest BCUT2D eigenvalue weighted by molar-refractivity contribution is -0.0512. The monoisotopic (exact) mass is 456 g/mol. The van der Waals surface area contributed by atoms with Crippen LogP contribution < -0.4 is 9.47 Å². The molecule has 3 aromatic carbocycles. The largest absolute Gasteiger partial charge is 0.493 e. The van der Waals surface area contributed by atoms with Crippen LogP contribution in [0.1, 0.15) is 11.4 Å². The average Bonchev–Trinajstić information content (AvgIpc) is 3.22. The third kappa shape index (κ3) is 4.33. The Bertz CT molecular complexity index is 1350. The van der Waals surface area contributed by atoms with Crippen molar-refractivity contribution in [3.8, 4) is 11.5 Å². The van der Waals surface area contributed by atoms with Crippen molar-refractivity contribution in [1.29, 1.82) is 0 Å². The van der Waals surface area contributed by atoms with Crippen LogP contribution in [0.5, 0.6) is 11.5 Å². The average molecular weight is 456 g/mol. The molecule has 0 aliphatic heterocycles. The van der Waals surface area contributed by atoms with Crippen LogP contribution in [0, 0.1) is 0 Å². The Morgan fingerprint density at radius 3 is 2.41 bits per heavy atom. The number of aromatic amines is 1. The molecule has 9 heteroatoms. The number of methoxy groups -OCH3 is 1. The van der Waals surface area contributed by atoms with Crippen LogP contribution in [0.15, 0.2) is 77.7 Å². The van der Waals surface area contributed by atoms with Gasteiger partial charge in [0.1, 0.15) is 10.7 Å². The van der Waals surface area contributed by atoms with E-state index in [0.717, 1.165) is 0 Å². The molecule has 0 saturated heterocycles. The van der Waals surface area contributed by atoms with Gasteiger partial charge in [-0.05, 0) is 48.0 Å². The molecule has 0 spiro atoms. The van der Waals surface area contributed by atoms with Crippen molar-refractivity contribution in [2.24, 2.45) is 0 Å². The number of benzene rings is 3. The van der Waals surface area contributed by atoms with Gasteiger partial charge in [-0.3, -0.25) is 0 Å². The molecule has 0 unspecified atom stereocenters. The Kier molecular flexibility index (Phi) is 5.91. The zero-order valence-electron chi connectivity index (χ0n) is 16.8. The number of hydrogen-bond donors (Lipinski definition) is 1. The first-order valence-corrected chi connectivity index (χ1v) is 11.0. The normalized spacial score (nSPS) is 12.3. The molecule has 1 heterocycles. The fourth-order valence-electron chi connectivity index (χ4n) is 3.19. The van der Waals surface area contributed by atoms with Gasteiger partial charge in [0.25, 0.3) is 0 Å². The molecule has 1 N–H and O–H groups in total. The zero-order chi connectivity index (χ0) is 22.7. The second-order valence-electron chi connectivity index (χ2n) is 6.72. The van der Waals surface area contributed by atoms with E-state index in [-0.39, 0.29) is 27.1 Å². The molecule has 0 bridgehead atoms. The highest BCUT2D eigenvalue weighted by Crippen LogP contribution is 2.33. The minimum atomic E-state index is -3.97. The van der Waals surface area contributed by atoms with Gasteiger partial charge in [0, 0.05) is 0 Å². The number of imidazole rings is 1. The third-order valence-corrected chi connectivity index (χ3v) is 6.45. The first kappa shape index (κ1) is 21.5. The number of H-pyrrole nitrogens is 1. The fourth-order valence-corrected chi connectivity index (χ4v) is 4.60. The Labute approximate surface area is 183 Å². The Morgan fingerprint density at radius 2 is 1.72 bits per heavy atom. The molecule has 0 atom stereocenters. The van der Waals surface area contributed by atoms with Gasteiger partial charge >= 0.3 is 6.61 Å². The molecule has 0 amide bonds. The zero-order valence-corrected chi connectivity index (χ0v) is 17.6. The first-order valence-electron chi connectivity index (χ1n) is 9.48. The van der Waals surface area contributed by atoms with Crippen LogP contribution in [0.2, 0.25) is 0 Å². The first-order chi connectivity index (χ1) is 15.4. The van der Waals surface area contributed by atoms with Gasteiger partial charge in [-0.15, -0.1) is 0 Å². The van der Waals surface area contributed by atoms with Crippen LogP contribution in [0.3, 0.4) is 0 Å². The maximum Gasteiger partial charge on any atom is 0.387 e. The molecule has 0 fully saturated rings. The molecule has 0 saturated carbocycles. The van der Waals surface area contributed by atoms with E-state index >= 15 is 0 Å². The number of hydrogen-bond acceptors (Lipinski definition) is 5. The number of halogens is 2. The Morgan fingerprint density at radius 1 is 1.00 bits per heavy atom. The lowest BCUT2D eigenvalue weighted by atomic mass is 10.2. The van der Waals surface area contributed by atoms with Gasteiger partial charge in [-0.1, -0.05) is 36.4 Å². The summed E-state index contributed by atoms with van der Waals surface area (Å²) in [6.45, 7) is -3.02. The van der Waals surface area contributed by atoms with Crippen molar-refractivity contribution in [2.45, 2.75) is 11.5 Å². The summed E-state index contributed by atoms with van der Waals surface area (Å²) in [6.07, 6.45) is 1.41. The van der Waals surface area contributed by atoms with Crippen molar-refractivity contribution >= 4 is 31.9 Å². The standard InChI is InChI=1S/C23H18F2N2O4S/c1-30-20-13-15(11-12-19(20)31-23(24)25)14-21(32(28,29)16-7-3-2-4-8-16)22-26-17-9-5-6-10-18(17)27-22/h2-14,23H,1H3,(H,26,27)/b21-14+. The molecule has 0 aliphatic carbocycles. The number of ether oxygens (including phenoxy) is 2. The van der Waals surface area contributed by atoms with E-state index in [1.165, 1.54) is 43.5 Å². The summed E-state index contributed by atoms with van der Waals surface area (Å²) >= 11 is 0. The summed E-state index contributed by atoms with van der Waals surface area (Å²) < 4.78 is 61.8. The number of fused-ring (bicyclic) bond motifs is 1. The summed E-state index contributed by atoms with van der Waals surface area (Å²) in [5, 5.41) is 0. The van der Waals surface area contributed by atoms with Crippen molar-refractivity contribution in [1.82, 2.24) is 9.97 Å². The summed E-state index contributed by atoms with van der Waals surface area (Å²) in [5.41, 5.74) is 1.68. The summed E-state index contributed by atoms with van der Waals surface area (Å²) in [6, 6.07) is 19.3. The van der Waals surface area contributed by atoms with Gasteiger partial charge in [0.2, 0.25) is 9.84 Å². The Balaban J connectivity index is 1.89. The topological polar surface area (TPSA) is 81.3 Å². The minimum absolute atomic E-state index is 0.0418. The van der Waals surface area contributed by atoms with E-state index in [9.17, 15) is 17.2 Å². The molecule has 164 valence electrons. The van der Waals surface area contributed by atoms with Crippen LogP contribution in [-0.2, 0) is 9.84 Å². The molecule has 32 heavy (non-hydrogen) atoms. The smallest absolute Gasteiger partial charge is 0.387 e. The quantitative estimate of drug-likeness (QED) is 0.416. The molecule has 1 aromatic heterocycles. The maximum atomic E-state index is 13.5. The molecular weight excluding hydrogens is 438 g/mol. The molecular formula is C23H18F2N2O4S. The van der Waals surface area contributed by atoms with E-state index in [1.807, 2.05) is 6.07 Å². The summed E-state index contributed by atoms with van der Waals surface area (Å²) in [4.78, 5) is 7.50. The van der Waals surface area contributed by atoms with Crippen molar-refractivity contribution < 1.29 is 26.7 Å². The summed E-state index contributed by atoms with van der Waals surface area (Å²) in [5.74, 6) is 0.0397. The molecule has 0 aliphatic rings. The van der Waals surface area contributed by atoms with Gasteiger partial charge < -0.3 is 14.5 Å². The lowest BCUT2D eigenvalue weighted by Gasteiger charge is -2.11. The number of para-hydroxylation sites is 2. The highest BCUT2D eigenvalue weighted by atomic mass is 32.2. The number of nitrogens with one attached hydrogen (secondary N) is 1. The van der Waals surface area contributed by atoms with Crippen molar-refractivity contribution in [3.63, 3.8) is 0 Å². The van der Waals surface area contributed by atoms with E-state index in [2.05, 4.69) is 14.7 Å². The van der Waals surface area contributed by atoms with Crippen molar-refractivity contribution in [2.75, 3.05) is 7.11 Å². The lowest BCUT2D eigenvalue weighted by Crippen LogP contribution is -2.06. The van der Waals surface area contributed by atoms with E-state index in [0.29, 0.717) is 16.6 Å². The Hall–Kier alpha value is -3.72. The maximum absolute atomic E-state index is 13.5. The highest BCUT2D eigenvalue weighted by molar-refractivity contribution is 8.00. The number of alkyl halides is 2. The van der Waals surface area contributed by atoms with Gasteiger partial charge in [-0.25, -0.2) is 13.4 Å². The van der Waals surface area contributed by atoms with Gasteiger partial charge in [0.05, 0.1) is 23.0 Å².